The zero-order valence-electron chi connectivity index (χ0n) is 19.5. The van der Waals surface area contributed by atoms with E-state index in [9.17, 15) is 14.3 Å². The molecule has 1 amide bonds. The first kappa shape index (κ1) is 22.2. The van der Waals surface area contributed by atoms with E-state index in [0.717, 1.165) is 46.6 Å². The number of hydrogen-bond donors (Lipinski definition) is 2. The van der Waals surface area contributed by atoms with E-state index in [1.807, 2.05) is 26.0 Å². The van der Waals surface area contributed by atoms with Gasteiger partial charge >= 0.3 is 0 Å². The Morgan fingerprint density at radius 1 is 1.18 bits per heavy atom. The summed E-state index contributed by atoms with van der Waals surface area (Å²) in [5, 5.41) is 10.7. The Balaban J connectivity index is 1.77. The van der Waals surface area contributed by atoms with Crippen LogP contribution in [0.2, 0.25) is 0 Å². The van der Waals surface area contributed by atoms with Gasteiger partial charge in [-0.25, -0.2) is 14.4 Å². The summed E-state index contributed by atoms with van der Waals surface area (Å²) in [5.74, 6) is -0.393. The molecule has 3 N–H and O–H groups in total. The van der Waals surface area contributed by atoms with Gasteiger partial charge in [0, 0.05) is 39.9 Å². The van der Waals surface area contributed by atoms with Crippen LogP contribution in [0.1, 0.15) is 43.6 Å². The van der Waals surface area contributed by atoms with Gasteiger partial charge in [0.25, 0.3) is 0 Å². The molecule has 0 radical (unpaired) electrons. The number of nitrogens with two attached hydrogens (primary N) is 1. The molecule has 2 aliphatic rings. The minimum absolute atomic E-state index is 0.0890. The maximum atomic E-state index is 13.7. The lowest BCUT2D eigenvalue weighted by Crippen LogP contribution is -2.47. The van der Waals surface area contributed by atoms with Gasteiger partial charge in [-0.05, 0) is 68.5 Å². The van der Waals surface area contributed by atoms with Crippen LogP contribution in [0.5, 0.6) is 0 Å². The molecule has 0 bridgehead atoms. The van der Waals surface area contributed by atoms with Gasteiger partial charge in [0.1, 0.15) is 11.6 Å². The number of allylic oxidation sites excluding steroid dienone is 1. The van der Waals surface area contributed by atoms with Crippen molar-refractivity contribution in [3.8, 4) is 22.6 Å². The van der Waals surface area contributed by atoms with Crippen molar-refractivity contribution in [3.63, 3.8) is 0 Å². The third-order valence-electron chi connectivity index (χ3n) is 7.53. The molecule has 3 atom stereocenters. The van der Waals surface area contributed by atoms with Crippen LogP contribution in [0.25, 0.3) is 22.6 Å². The van der Waals surface area contributed by atoms with E-state index in [1.54, 1.807) is 18.3 Å². The van der Waals surface area contributed by atoms with Gasteiger partial charge in [0.15, 0.2) is 5.82 Å². The molecule has 34 heavy (non-hydrogen) atoms. The lowest BCUT2D eigenvalue weighted by Gasteiger charge is -2.48. The molecule has 6 nitrogen and oxygen atoms in total. The summed E-state index contributed by atoms with van der Waals surface area (Å²) in [7, 11) is 0. The van der Waals surface area contributed by atoms with Crippen molar-refractivity contribution in [3.05, 3.63) is 76.7 Å². The van der Waals surface area contributed by atoms with Gasteiger partial charge in [-0.1, -0.05) is 13.8 Å². The van der Waals surface area contributed by atoms with E-state index in [1.165, 1.54) is 12.1 Å². The molecular formula is C27H27FN4O2. The highest BCUT2D eigenvalue weighted by atomic mass is 19.1. The Bertz CT molecular complexity index is 1330. The third kappa shape index (κ3) is 3.47. The van der Waals surface area contributed by atoms with Gasteiger partial charge in [-0.3, -0.25) is 9.78 Å². The number of aliphatic hydroxyl groups is 1. The molecular weight excluding hydrogens is 431 g/mol. The second-order valence-electron chi connectivity index (χ2n) is 9.67. The molecule has 5 rings (SSSR count). The molecule has 0 aliphatic heterocycles. The molecule has 0 saturated heterocycles. The smallest absolute Gasteiger partial charge is 0.248 e. The quantitative estimate of drug-likeness (QED) is 0.586. The number of fused-ring (bicyclic) bond motifs is 3. The molecule has 3 aromatic rings. The first-order valence-electron chi connectivity index (χ1n) is 11.5. The van der Waals surface area contributed by atoms with Crippen LogP contribution in [-0.2, 0) is 16.6 Å². The van der Waals surface area contributed by atoms with Crippen LogP contribution in [0.4, 0.5) is 4.39 Å². The number of aryl methyl sites for hydroxylation is 1. The fourth-order valence-electron chi connectivity index (χ4n) is 5.80. The Hall–Kier alpha value is -3.61. The normalized spacial score (nSPS) is 23.9. The number of aliphatic hydroxyl groups excluding tert-OH is 1. The standard InChI is InChI=1S/C27H27FN4O2/c1-14-12-17(10-11-30-14)26-31-22(16-4-6-18(28)7-5-16)19-8-9-21-15(2)23(33)20(25(29)34)13-27(21,3)24(19)32-26/h4-7,10-12,15,21,33H,8-9,13H2,1-3H3,(H2,29,34)/t15-,21-,27-/m1/s1. The highest BCUT2D eigenvalue weighted by Crippen LogP contribution is 2.54. The number of rotatable bonds is 3. The minimum Gasteiger partial charge on any atom is -0.512 e. The number of carbonyl (C=O) groups is 1. The molecule has 2 aliphatic carbocycles. The highest BCUT2D eigenvalue weighted by molar-refractivity contribution is 5.93. The van der Waals surface area contributed by atoms with Crippen molar-refractivity contribution in [1.29, 1.82) is 0 Å². The second-order valence-corrected chi connectivity index (χ2v) is 9.67. The van der Waals surface area contributed by atoms with E-state index < -0.39 is 11.3 Å². The third-order valence-corrected chi connectivity index (χ3v) is 7.53. The van der Waals surface area contributed by atoms with Gasteiger partial charge < -0.3 is 10.8 Å². The van der Waals surface area contributed by atoms with Crippen LogP contribution in [0.3, 0.4) is 0 Å². The van der Waals surface area contributed by atoms with Crippen molar-refractivity contribution >= 4 is 5.91 Å². The predicted molar refractivity (Wildman–Crippen MR) is 127 cm³/mol. The van der Waals surface area contributed by atoms with Crippen molar-refractivity contribution in [2.24, 2.45) is 17.6 Å². The Morgan fingerprint density at radius 2 is 1.91 bits per heavy atom. The first-order valence-corrected chi connectivity index (χ1v) is 11.5. The lowest BCUT2D eigenvalue weighted by atomic mass is 9.56. The molecule has 2 aromatic heterocycles. The van der Waals surface area contributed by atoms with Crippen LogP contribution in [0, 0.1) is 24.6 Å². The average molecular weight is 459 g/mol. The van der Waals surface area contributed by atoms with E-state index in [2.05, 4.69) is 11.9 Å². The zero-order valence-corrected chi connectivity index (χ0v) is 19.5. The number of aromatic nitrogens is 3. The number of amides is 1. The first-order chi connectivity index (χ1) is 16.2. The fourth-order valence-corrected chi connectivity index (χ4v) is 5.80. The summed E-state index contributed by atoms with van der Waals surface area (Å²) in [5.41, 5.74) is 10.5. The number of halogens is 1. The summed E-state index contributed by atoms with van der Waals surface area (Å²) >= 11 is 0. The van der Waals surface area contributed by atoms with Gasteiger partial charge in [-0.15, -0.1) is 0 Å². The molecule has 0 unspecified atom stereocenters. The predicted octanol–water partition coefficient (Wildman–Crippen LogP) is 4.81. The zero-order chi connectivity index (χ0) is 24.2. The van der Waals surface area contributed by atoms with Crippen molar-refractivity contribution in [1.82, 2.24) is 15.0 Å². The fraction of sp³-hybridized carbons (Fsp3) is 0.333. The SMILES string of the molecule is Cc1cc(-c2nc(-c3ccc(F)cc3)c3c(n2)[C@]2(C)CC(C(N)=O)=C(O)[C@H](C)[C@H]2CC3)ccn1. The summed E-state index contributed by atoms with van der Waals surface area (Å²) in [6.45, 7) is 5.96. The van der Waals surface area contributed by atoms with Crippen molar-refractivity contribution < 1.29 is 14.3 Å². The monoisotopic (exact) mass is 458 g/mol. The van der Waals surface area contributed by atoms with Gasteiger partial charge in [0.05, 0.1) is 17.0 Å². The van der Waals surface area contributed by atoms with E-state index in [4.69, 9.17) is 15.7 Å². The van der Waals surface area contributed by atoms with Crippen LogP contribution in [0.15, 0.2) is 53.9 Å². The molecule has 1 aromatic carbocycles. The summed E-state index contributed by atoms with van der Waals surface area (Å²) < 4.78 is 13.7. The van der Waals surface area contributed by atoms with E-state index in [0.29, 0.717) is 12.2 Å². The largest absolute Gasteiger partial charge is 0.512 e. The highest BCUT2D eigenvalue weighted by Gasteiger charge is 2.50. The molecule has 2 heterocycles. The number of pyridine rings is 1. The Labute approximate surface area is 197 Å². The number of carbonyl (C=O) groups excluding carboxylic acids is 1. The summed E-state index contributed by atoms with van der Waals surface area (Å²) in [6.07, 6.45) is 3.57. The number of benzene rings is 1. The minimum atomic E-state index is -0.603. The summed E-state index contributed by atoms with van der Waals surface area (Å²) in [4.78, 5) is 26.5. The van der Waals surface area contributed by atoms with E-state index in [-0.39, 0.29) is 29.0 Å². The van der Waals surface area contributed by atoms with Crippen LogP contribution >= 0.6 is 0 Å². The topological polar surface area (TPSA) is 102 Å². The molecule has 0 saturated carbocycles. The average Bonchev–Trinajstić information content (AvgIpc) is 2.81. The van der Waals surface area contributed by atoms with Crippen LogP contribution in [-0.4, -0.2) is 26.0 Å². The number of nitrogens with zero attached hydrogens (tertiary/aromatic N) is 3. The second kappa shape index (κ2) is 8.01. The Kier molecular flexibility index (Phi) is 5.23. The van der Waals surface area contributed by atoms with Crippen molar-refractivity contribution in [2.75, 3.05) is 0 Å². The molecule has 0 fully saturated rings. The lowest BCUT2D eigenvalue weighted by molar-refractivity contribution is -0.115. The number of primary amides is 1. The Morgan fingerprint density at radius 3 is 2.59 bits per heavy atom. The molecule has 7 heteroatoms. The maximum Gasteiger partial charge on any atom is 0.248 e. The molecule has 0 spiro atoms. The molecule has 174 valence electrons. The summed E-state index contributed by atoms with van der Waals surface area (Å²) in [6, 6.07) is 10.1. The van der Waals surface area contributed by atoms with Gasteiger partial charge in [0.2, 0.25) is 5.91 Å². The van der Waals surface area contributed by atoms with Crippen molar-refractivity contribution in [2.45, 2.75) is 45.4 Å². The van der Waals surface area contributed by atoms with E-state index >= 15 is 0 Å². The van der Waals surface area contributed by atoms with Crippen LogP contribution < -0.4 is 5.73 Å². The maximum absolute atomic E-state index is 13.7. The van der Waals surface area contributed by atoms with Gasteiger partial charge in [-0.2, -0.15) is 0 Å². The number of hydrogen-bond acceptors (Lipinski definition) is 5.